The molecule has 0 bridgehead atoms. The maximum Gasteiger partial charge on any atom is 0.120 e. The molecule has 1 aromatic heterocycles. The average molecular weight is 326 g/mol. The molecule has 18 heavy (non-hydrogen) atoms. The van der Waals surface area contributed by atoms with Crippen LogP contribution >= 0.6 is 27.3 Å². The lowest BCUT2D eigenvalue weighted by atomic mass is 10.0. The standard InChI is InChI=1S/C14H16BrNOS/c1-9(2)17-12-5-3-4-10(6-12)14(16)11-7-13(15)18-8-11/h3-9,14H,16H2,1-2H3. The second kappa shape index (κ2) is 5.87. The molecule has 0 fully saturated rings. The second-order valence-electron chi connectivity index (χ2n) is 4.40. The molecule has 2 rings (SSSR count). The van der Waals surface area contributed by atoms with E-state index < -0.39 is 0 Å². The molecular weight excluding hydrogens is 310 g/mol. The van der Waals surface area contributed by atoms with E-state index in [9.17, 15) is 0 Å². The van der Waals surface area contributed by atoms with E-state index in [0.29, 0.717) is 0 Å². The van der Waals surface area contributed by atoms with Crippen molar-refractivity contribution in [2.75, 3.05) is 0 Å². The number of hydrogen-bond donors (Lipinski definition) is 1. The van der Waals surface area contributed by atoms with E-state index in [1.807, 2.05) is 38.1 Å². The minimum atomic E-state index is -0.108. The Kier molecular flexibility index (Phi) is 4.43. The third-order valence-corrected chi connectivity index (χ3v) is 4.06. The molecule has 0 aliphatic heterocycles. The van der Waals surface area contributed by atoms with E-state index in [0.717, 1.165) is 20.7 Å². The smallest absolute Gasteiger partial charge is 0.120 e. The summed E-state index contributed by atoms with van der Waals surface area (Å²) in [4.78, 5) is 0. The van der Waals surface area contributed by atoms with Crippen molar-refractivity contribution in [2.24, 2.45) is 5.73 Å². The normalized spacial score (nSPS) is 12.7. The SMILES string of the molecule is CC(C)Oc1cccc(C(N)c2csc(Br)c2)c1. The quantitative estimate of drug-likeness (QED) is 0.907. The molecule has 0 radical (unpaired) electrons. The minimum Gasteiger partial charge on any atom is -0.491 e. The lowest BCUT2D eigenvalue weighted by Crippen LogP contribution is -2.11. The molecule has 1 aromatic carbocycles. The molecule has 1 heterocycles. The van der Waals surface area contributed by atoms with E-state index in [1.165, 1.54) is 0 Å². The van der Waals surface area contributed by atoms with Gasteiger partial charge in [-0.2, -0.15) is 0 Å². The van der Waals surface area contributed by atoms with Crippen LogP contribution in [0.3, 0.4) is 0 Å². The Morgan fingerprint density at radius 2 is 2.00 bits per heavy atom. The first kappa shape index (κ1) is 13.6. The van der Waals surface area contributed by atoms with Crippen molar-refractivity contribution in [2.45, 2.75) is 26.0 Å². The predicted octanol–water partition coefficient (Wildman–Crippen LogP) is 4.35. The zero-order chi connectivity index (χ0) is 13.1. The molecule has 0 aliphatic rings. The lowest BCUT2D eigenvalue weighted by molar-refractivity contribution is 0.242. The summed E-state index contributed by atoms with van der Waals surface area (Å²) in [6, 6.07) is 9.93. The van der Waals surface area contributed by atoms with E-state index in [4.69, 9.17) is 10.5 Å². The maximum absolute atomic E-state index is 6.26. The summed E-state index contributed by atoms with van der Waals surface area (Å²) < 4.78 is 6.78. The van der Waals surface area contributed by atoms with E-state index >= 15 is 0 Å². The molecule has 0 aliphatic carbocycles. The van der Waals surface area contributed by atoms with Gasteiger partial charge in [-0.1, -0.05) is 12.1 Å². The van der Waals surface area contributed by atoms with Crippen molar-refractivity contribution in [3.05, 3.63) is 50.6 Å². The number of nitrogens with two attached hydrogens (primary N) is 1. The number of hydrogen-bond acceptors (Lipinski definition) is 3. The Bertz CT molecular complexity index is 524. The topological polar surface area (TPSA) is 35.2 Å². The van der Waals surface area contributed by atoms with Crippen LogP contribution in [-0.2, 0) is 0 Å². The maximum atomic E-state index is 6.26. The van der Waals surface area contributed by atoms with Gasteiger partial charge in [0.25, 0.3) is 0 Å². The first-order chi connectivity index (χ1) is 8.56. The molecule has 1 atom stereocenters. The summed E-state index contributed by atoms with van der Waals surface area (Å²) in [6.45, 7) is 4.03. The number of rotatable bonds is 4. The number of thiophene rings is 1. The van der Waals surface area contributed by atoms with Crippen molar-refractivity contribution >= 4 is 27.3 Å². The van der Waals surface area contributed by atoms with Crippen LogP contribution in [0, 0.1) is 0 Å². The summed E-state index contributed by atoms with van der Waals surface area (Å²) in [5.41, 5.74) is 8.45. The predicted molar refractivity (Wildman–Crippen MR) is 80.3 cm³/mol. The van der Waals surface area contributed by atoms with Gasteiger partial charge in [0, 0.05) is 0 Å². The van der Waals surface area contributed by atoms with Crippen LogP contribution in [0.25, 0.3) is 0 Å². The Balaban J connectivity index is 2.22. The third-order valence-electron chi connectivity index (χ3n) is 2.54. The largest absolute Gasteiger partial charge is 0.491 e. The highest BCUT2D eigenvalue weighted by Crippen LogP contribution is 2.29. The van der Waals surface area contributed by atoms with Crippen LogP contribution in [0.2, 0.25) is 0 Å². The highest BCUT2D eigenvalue weighted by molar-refractivity contribution is 9.11. The van der Waals surface area contributed by atoms with E-state index in [1.54, 1.807) is 11.3 Å². The van der Waals surface area contributed by atoms with Crippen LogP contribution in [0.1, 0.15) is 31.0 Å². The van der Waals surface area contributed by atoms with Crippen molar-refractivity contribution in [1.82, 2.24) is 0 Å². The average Bonchev–Trinajstić information content (AvgIpc) is 2.74. The molecule has 2 nitrogen and oxygen atoms in total. The van der Waals surface area contributed by atoms with Crippen LogP contribution in [0.4, 0.5) is 0 Å². The molecule has 2 N–H and O–H groups in total. The van der Waals surface area contributed by atoms with Gasteiger partial charge < -0.3 is 10.5 Å². The Morgan fingerprint density at radius 1 is 1.22 bits per heavy atom. The summed E-state index contributed by atoms with van der Waals surface area (Å²) >= 11 is 5.11. The van der Waals surface area contributed by atoms with Gasteiger partial charge in [0.1, 0.15) is 5.75 Å². The first-order valence-corrected chi connectivity index (χ1v) is 7.49. The fourth-order valence-electron chi connectivity index (χ4n) is 1.73. The number of benzene rings is 1. The van der Waals surface area contributed by atoms with E-state index in [-0.39, 0.29) is 12.1 Å². The Morgan fingerprint density at radius 3 is 2.61 bits per heavy atom. The van der Waals surface area contributed by atoms with Gasteiger partial charge in [-0.3, -0.25) is 0 Å². The van der Waals surface area contributed by atoms with Crippen molar-refractivity contribution in [3.63, 3.8) is 0 Å². The number of ether oxygens (including phenoxy) is 1. The van der Waals surface area contributed by atoms with Crippen molar-refractivity contribution < 1.29 is 4.74 Å². The fourth-order valence-corrected chi connectivity index (χ4v) is 2.94. The summed E-state index contributed by atoms with van der Waals surface area (Å²) in [5.74, 6) is 0.868. The molecule has 0 amide bonds. The Hall–Kier alpha value is -0.840. The molecule has 0 saturated carbocycles. The zero-order valence-electron chi connectivity index (χ0n) is 10.4. The molecular formula is C14H16BrNOS. The highest BCUT2D eigenvalue weighted by atomic mass is 79.9. The summed E-state index contributed by atoms with van der Waals surface area (Å²) in [7, 11) is 0. The third kappa shape index (κ3) is 3.34. The van der Waals surface area contributed by atoms with Crippen molar-refractivity contribution in [3.8, 4) is 5.75 Å². The molecule has 1 unspecified atom stereocenters. The molecule has 2 aromatic rings. The van der Waals surface area contributed by atoms with Crippen LogP contribution in [-0.4, -0.2) is 6.10 Å². The highest BCUT2D eigenvalue weighted by Gasteiger charge is 2.11. The van der Waals surface area contributed by atoms with Gasteiger partial charge in [0.2, 0.25) is 0 Å². The van der Waals surface area contributed by atoms with Crippen LogP contribution < -0.4 is 10.5 Å². The first-order valence-electron chi connectivity index (χ1n) is 5.82. The zero-order valence-corrected chi connectivity index (χ0v) is 12.8. The van der Waals surface area contributed by atoms with Crippen LogP contribution in [0.5, 0.6) is 5.75 Å². The minimum absolute atomic E-state index is 0.108. The van der Waals surface area contributed by atoms with Gasteiger partial charge in [-0.15, -0.1) is 11.3 Å². The number of halogens is 1. The fraction of sp³-hybridized carbons (Fsp3) is 0.286. The van der Waals surface area contributed by atoms with Gasteiger partial charge in [-0.25, -0.2) is 0 Å². The van der Waals surface area contributed by atoms with Gasteiger partial charge in [0.15, 0.2) is 0 Å². The summed E-state index contributed by atoms with van der Waals surface area (Å²) in [6.07, 6.45) is 0.173. The van der Waals surface area contributed by atoms with Crippen molar-refractivity contribution in [1.29, 1.82) is 0 Å². The molecule has 0 spiro atoms. The van der Waals surface area contributed by atoms with E-state index in [2.05, 4.69) is 27.4 Å². The Labute approximate surface area is 120 Å². The van der Waals surface area contributed by atoms with Gasteiger partial charge in [-0.05, 0) is 64.5 Å². The summed E-state index contributed by atoms with van der Waals surface area (Å²) in [5, 5.41) is 2.07. The lowest BCUT2D eigenvalue weighted by Gasteiger charge is -2.14. The molecule has 4 heteroatoms. The van der Waals surface area contributed by atoms with Crippen LogP contribution in [0.15, 0.2) is 39.5 Å². The van der Waals surface area contributed by atoms with Gasteiger partial charge in [0.05, 0.1) is 15.9 Å². The monoisotopic (exact) mass is 325 g/mol. The van der Waals surface area contributed by atoms with Gasteiger partial charge >= 0.3 is 0 Å². The molecule has 0 saturated heterocycles. The second-order valence-corrected chi connectivity index (χ2v) is 6.69. The molecule has 96 valence electrons.